The Morgan fingerprint density at radius 3 is 2.74 bits per heavy atom. The van der Waals surface area contributed by atoms with E-state index >= 15 is 0 Å². The zero-order valence-corrected chi connectivity index (χ0v) is 16.2. The van der Waals surface area contributed by atoms with Gasteiger partial charge in [0.1, 0.15) is 5.82 Å². The van der Waals surface area contributed by atoms with Crippen LogP contribution in [0.1, 0.15) is 55.8 Å². The Morgan fingerprint density at radius 2 is 2.04 bits per heavy atom. The Kier molecular flexibility index (Phi) is 6.66. The van der Waals surface area contributed by atoms with Crippen molar-refractivity contribution in [3.05, 3.63) is 23.9 Å². The molecule has 1 aromatic heterocycles. The fourth-order valence-electron chi connectivity index (χ4n) is 3.58. The molecule has 3 N–H and O–H groups in total. The van der Waals surface area contributed by atoms with Crippen LogP contribution < -0.4 is 16.0 Å². The number of nitrogens with zero attached hydrogens (tertiary/aromatic N) is 1. The summed E-state index contributed by atoms with van der Waals surface area (Å²) in [6.07, 6.45) is 6.85. The lowest BCUT2D eigenvalue weighted by Gasteiger charge is -2.36. The number of carbonyl (C=O) groups excluding carboxylic acids is 2. The molecule has 0 aromatic carbocycles. The monoisotopic (exact) mass is 374 g/mol. The number of nitrogens with one attached hydrogen (secondary N) is 3. The van der Waals surface area contributed by atoms with Gasteiger partial charge in [-0.1, -0.05) is 6.92 Å². The lowest BCUT2D eigenvalue weighted by Crippen LogP contribution is -2.50. The lowest BCUT2D eigenvalue weighted by molar-refractivity contribution is -0.127. The number of amides is 2. The van der Waals surface area contributed by atoms with Gasteiger partial charge in [-0.15, -0.1) is 0 Å². The molecule has 0 aliphatic heterocycles. The van der Waals surface area contributed by atoms with Crippen LogP contribution in [0.25, 0.3) is 0 Å². The van der Waals surface area contributed by atoms with Crippen LogP contribution in [0.4, 0.5) is 5.82 Å². The summed E-state index contributed by atoms with van der Waals surface area (Å²) in [4.78, 5) is 29.5. The third-order valence-electron chi connectivity index (χ3n) is 5.22. The second-order valence-electron chi connectivity index (χ2n) is 7.43. The normalized spacial score (nSPS) is 24.9. The molecule has 2 aliphatic rings. The van der Waals surface area contributed by atoms with Crippen molar-refractivity contribution in [3.8, 4) is 0 Å². The van der Waals surface area contributed by atoms with E-state index in [0.717, 1.165) is 32.1 Å². The molecule has 0 bridgehead atoms. The molecule has 2 amide bonds. The van der Waals surface area contributed by atoms with Gasteiger partial charge in [-0.25, -0.2) is 4.98 Å². The van der Waals surface area contributed by atoms with E-state index in [1.165, 1.54) is 0 Å². The fraction of sp³-hybridized carbons (Fsp3) is 0.650. The van der Waals surface area contributed by atoms with Gasteiger partial charge in [-0.05, 0) is 50.7 Å². The molecule has 3 rings (SSSR count). The second kappa shape index (κ2) is 9.17. The molecule has 27 heavy (non-hydrogen) atoms. The molecule has 0 radical (unpaired) electrons. The molecule has 0 spiro atoms. The summed E-state index contributed by atoms with van der Waals surface area (Å²) < 4.78 is 5.98. The molecule has 148 valence electrons. The number of carbonyl (C=O) groups is 2. The zero-order chi connectivity index (χ0) is 19.2. The molecular weight excluding hydrogens is 344 g/mol. The van der Waals surface area contributed by atoms with Crippen LogP contribution in [0.3, 0.4) is 0 Å². The van der Waals surface area contributed by atoms with Gasteiger partial charge < -0.3 is 20.7 Å². The van der Waals surface area contributed by atoms with E-state index in [0.29, 0.717) is 30.5 Å². The van der Waals surface area contributed by atoms with Gasteiger partial charge >= 0.3 is 0 Å². The summed E-state index contributed by atoms with van der Waals surface area (Å²) in [5.74, 6) is 0.392. The molecule has 2 saturated carbocycles. The van der Waals surface area contributed by atoms with Gasteiger partial charge in [0.2, 0.25) is 5.91 Å². The maximum Gasteiger partial charge on any atom is 0.255 e. The van der Waals surface area contributed by atoms with Crippen LogP contribution in [0.15, 0.2) is 18.3 Å². The van der Waals surface area contributed by atoms with Crippen LogP contribution >= 0.6 is 0 Å². The fourth-order valence-corrected chi connectivity index (χ4v) is 3.58. The number of aromatic nitrogens is 1. The molecule has 7 heteroatoms. The number of rotatable bonds is 8. The van der Waals surface area contributed by atoms with Crippen molar-refractivity contribution in [1.82, 2.24) is 15.6 Å². The van der Waals surface area contributed by atoms with Gasteiger partial charge in [0.05, 0.1) is 17.7 Å². The standard InChI is InChI=1S/C20H30N4O3/c1-3-11-27-17-9-6-13(19(25)23-14-7-8-14)12-16(17)24-20(26)15-5-4-10-22-18(15)21-2/h4-5,10,13-14,16-17H,3,6-9,11-12H2,1-2H3,(H,21,22)(H,23,25)(H,24,26)/t13-,16+,17+/m0/s1. The largest absolute Gasteiger partial charge is 0.376 e. The van der Waals surface area contributed by atoms with E-state index in [4.69, 9.17) is 4.74 Å². The quantitative estimate of drug-likeness (QED) is 0.648. The summed E-state index contributed by atoms with van der Waals surface area (Å²) in [5.41, 5.74) is 0.499. The van der Waals surface area contributed by atoms with Crippen molar-refractivity contribution in [2.45, 2.75) is 63.6 Å². The van der Waals surface area contributed by atoms with E-state index in [1.807, 2.05) is 0 Å². The summed E-state index contributed by atoms with van der Waals surface area (Å²) in [5, 5.41) is 9.14. The number of ether oxygens (including phenoxy) is 1. The Bertz CT molecular complexity index is 662. The minimum absolute atomic E-state index is 0.0615. The summed E-state index contributed by atoms with van der Waals surface area (Å²) in [7, 11) is 1.74. The SMILES string of the molecule is CCCO[C@@H]1CC[C@H](C(=O)NC2CC2)C[C@H]1NC(=O)c1cccnc1NC. The second-order valence-corrected chi connectivity index (χ2v) is 7.43. The third-order valence-corrected chi connectivity index (χ3v) is 5.22. The molecule has 1 heterocycles. The maximum absolute atomic E-state index is 12.8. The highest BCUT2D eigenvalue weighted by Crippen LogP contribution is 2.29. The number of pyridine rings is 1. The highest BCUT2D eigenvalue weighted by atomic mass is 16.5. The van der Waals surface area contributed by atoms with E-state index in [2.05, 4.69) is 27.9 Å². The first-order chi connectivity index (χ1) is 13.1. The predicted molar refractivity (Wildman–Crippen MR) is 104 cm³/mol. The van der Waals surface area contributed by atoms with Crippen molar-refractivity contribution >= 4 is 17.6 Å². The van der Waals surface area contributed by atoms with Crippen LogP contribution in [0, 0.1) is 5.92 Å². The van der Waals surface area contributed by atoms with Crippen LogP contribution in [-0.2, 0) is 9.53 Å². The third kappa shape index (κ3) is 5.19. The minimum atomic E-state index is -0.189. The Balaban J connectivity index is 1.68. The first-order valence-corrected chi connectivity index (χ1v) is 9.98. The van der Waals surface area contributed by atoms with E-state index in [-0.39, 0.29) is 29.9 Å². The maximum atomic E-state index is 12.8. The summed E-state index contributed by atoms with van der Waals surface area (Å²) in [6, 6.07) is 3.66. The molecule has 3 atom stereocenters. The van der Waals surface area contributed by atoms with Crippen molar-refractivity contribution in [2.24, 2.45) is 5.92 Å². The Labute approximate surface area is 160 Å². The van der Waals surface area contributed by atoms with Crippen molar-refractivity contribution in [3.63, 3.8) is 0 Å². The number of anilines is 1. The van der Waals surface area contributed by atoms with Crippen LogP contribution in [0.2, 0.25) is 0 Å². The molecule has 7 nitrogen and oxygen atoms in total. The first-order valence-electron chi connectivity index (χ1n) is 9.98. The zero-order valence-electron chi connectivity index (χ0n) is 16.2. The molecule has 2 fully saturated rings. The van der Waals surface area contributed by atoms with Gasteiger partial charge in [0.25, 0.3) is 5.91 Å². The lowest BCUT2D eigenvalue weighted by atomic mass is 9.82. The highest BCUT2D eigenvalue weighted by molar-refractivity contribution is 5.98. The van der Waals surface area contributed by atoms with E-state index in [1.54, 1.807) is 25.4 Å². The van der Waals surface area contributed by atoms with Gasteiger partial charge in [-0.2, -0.15) is 0 Å². The average molecular weight is 374 g/mol. The van der Waals surface area contributed by atoms with Gasteiger partial charge in [0, 0.05) is 31.8 Å². The van der Waals surface area contributed by atoms with Gasteiger partial charge in [0.15, 0.2) is 0 Å². The molecule has 2 aliphatic carbocycles. The topological polar surface area (TPSA) is 92.4 Å². The van der Waals surface area contributed by atoms with Crippen molar-refractivity contribution in [1.29, 1.82) is 0 Å². The Morgan fingerprint density at radius 1 is 1.22 bits per heavy atom. The highest BCUT2D eigenvalue weighted by Gasteiger charge is 2.37. The summed E-state index contributed by atoms with van der Waals surface area (Å²) in [6.45, 7) is 2.72. The predicted octanol–water partition coefficient (Wildman–Crippen LogP) is 2.10. The van der Waals surface area contributed by atoms with Crippen LogP contribution in [0.5, 0.6) is 0 Å². The van der Waals surface area contributed by atoms with Crippen LogP contribution in [-0.4, -0.2) is 48.6 Å². The van der Waals surface area contributed by atoms with E-state index < -0.39 is 0 Å². The van der Waals surface area contributed by atoms with Gasteiger partial charge in [-0.3, -0.25) is 9.59 Å². The average Bonchev–Trinajstić information content (AvgIpc) is 3.50. The molecule has 0 saturated heterocycles. The smallest absolute Gasteiger partial charge is 0.255 e. The Hall–Kier alpha value is -2.15. The summed E-state index contributed by atoms with van der Waals surface area (Å²) >= 11 is 0. The number of hydrogen-bond donors (Lipinski definition) is 3. The first kappa shape index (κ1) is 19.6. The van der Waals surface area contributed by atoms with Crippen molar-refractivity contribution in [2.75, 3.05) is 19.0 Å². The molecular formula is C20H30N4O3. The minimum Gasteiger partial charge on any atom is -0.376 e. The molecule has 0 unspecified atom stereocenters. The van der Waals surface area contributed by atoms with E-state index in [9.17, 15) is 9.59 Å². The number of hydrogen-bond acceptors (Lipinski definition) is 5. The van der Waals surface area contributed by atoms with Crippen molar-refractivity contribution < 1.29 is 14.3 Å². The molecule has 1 aromatic rings.